The van der Waals surface area contributed by atoms with E-state index in [0.717, 1.165) is 29.3 Å². The van der Waals surface area contributed by atoms with Crippen molar-refractivity contribution in [3.05, 3.63) is 27.8 Å². The Hall–Kier alpha value is 0.110. The van der Waals surface area contributed by atoms with E-state index >= 15 is 0 Å². The monoisotopic (exact) mass is 416 g/mol. The molecule has 0 atom stereocenters. The highest BCUT2D eigenvalue weighted by Gasteiger charge is 2.24. The number of nitrogens with two attached hydrogens (primary N) is 1. The Morgan fingerprint density at radius 3 is 2.42 bits per heavy atom. The van der Waals surface area contributed by atoms with Gasteiger partial charge in [-0.2, -0.15) is 0 Å². The lowest BCUT2D eigenvalue weighted by molar-refractivity contribution is 0.373. The molecule has 3 N–H and O–H groups in total. The largest absolute Gasteiger partial charge is 0.328 e. The number of nitrogens with one attached hydrogen (secondary N) is 1. The summed E-state index contributed by atoms with van der Waals surface area (Å²) in [7, 11) is -3.40. The van der Waals surface area contributed by atoms with Crippen molar-refractivity contribution in [2.75, 3.05) is 0 Å². The first-order valence-electron chi connectivity index (χ1n) is 6.01. The van der Waals surface area contributed by atoms with Crippen LogP contribution in [0.1, 0.15) is 25.7 Å². The van der Waals surface area contributed by atoms with Gasteiger partial charge in [-0.05, 0) is 66.5 Å². The number of sulfonamides is 1. The van der Waals surface area contributed by atoms with E-state index in [9.17, 15) is 8.42 Å². The van der Waals surface area contributed by atoms with Gasteiger partial charge in [0.05, 0.1) is 4.90 Å². The normalized spacial score (nSPS) is 23.7. The summed E-state index contributed by atoms with van der Waals surface area (Å²) in [6.45, 7) is 0. The number of halogens is 2. The summed E-state index contributed by atoms with van der Waals surface area (Å²) in [6, 6.07) is 7.18. The zero-order valence-corrected chi connectivity index (χ0v) is 14.2. The maximum Gasteiger partial charge on any atom is 0.240 e. The molecule has 1 aliphatic carbocycles. The second-order valence-electron chi connectivity index (χ2n) is 4.69. The van der Waals surface area contributed by atoms with Gasteiger partial charge in [0.25, 0.3) is 0 Å². The van der Waals surface area contributed by atoms with E-state index in [4.69, 9.17) is 5.73 Å². The fraction of sp³-hybridized carbons (Fsp3) is 0.500. The van der Waals surface area contributed by atoms with Crippen LogP contribution in [-0.4, -0.2) is 20.5 Å². The molecule has 108 valence electrons. The molecule has 0 bridgehead atoms. The quantitative estimate of drug-likeness (QED) is 0.743. The molecule has 0 radical (unpaired) electrons. The Balaban J connectivity index is 0.00000180. The van der Waals surface area contributed by atoms with E-state index in [0.29, 0.717) is 4.90 Å². The van der Waals surface area contributed by atoms with Crippen molar-refractivity contribution < 1.29 is 8.42 Å². The third-order valence-corrected chi connectivity index (χ3v) is 5.39. The lowest BCUT2D eigenvalue weighted by Crippen LogP contribution is -2.40. The molecular formula is C12H18ClIN2O2S. The molecule has 0 spiro atoms. The Bertz CT molecular complexity index is 516. The molecular weight excluding hydrogens is 399 g/mol. The van der Waals surface area contributed by atoms with Crippen molar-refractivity contribution in [2.45, 2.75) is 42.7 Å². The van der Waals surface area contributed by atoms with Crippen molar-refractivity contribution in [3.63, 3.8) is 0 Å². The molecule has 2 rings (SSSR count). The molecule has 7 heteroatoms. The van der Waals surface area contributed by atoms with Gasteiger partial charge >= 0.3 is 0 Å². The van der Waals surface area contributed by atoms with Crippen LogP contribution in [0.15, 0.2) is 29.2 Å². The first kappa shape index (κ1) is 17.2. The maximum absolute atomic E-state index is 12.2. The van der Waals surface area contributed by atoms with E-state index < -0.39 is 10.0 Å². The highest BCUT2D eigenvalue weighted by molar-refractivity contribution is 14.1. The van der Waals surface area contributed by atoms with E-state index in [-0.39, 0.29) is 24.5 Å². The zero-order chi connectivity index (χ0) is 13.2. The smallest absolute Gasteiger partial charge is 0.240 e. The third-order valence-electron chi connectivity index (χ3n) is 3.20. The van der Waals surface area contributed by atoms with E-state index in [2.05, 4.69) is 27.3 Å². The van der Waals surface area contributed by atoms with Gasteiger partial charge in [-0.1, -0.05) is 6.07 Å². The maximum atomic E-state index is 12.2. The molecule has 1 aliphatic rings. The SMILES string of the molecule is Cl.NC1CCC(NS(=O)(=O)c2cccc(I)c2)CC1. The summed E-state index contributed by atoms with van der Waals surface area (Å²) < 4.78 is 28.1. The van der Waals surface area contributed by atoms with Gasteiger partial charge in [0.1, 0.15) is 0 Å². The van der Waals surface area contributed by atoms with Crippen LogP contribution < -0.4 is 10.5 Å². The Kier molecular flexibility index (Phi) is 6.52. The molecule has 1 aromatic rings. The second-order valence-corrected chi connectivity index (χ2v) is 7.65. The molecule has 0 aliphatic heterocycles. The van der Waals surface area contributed by atoms with Crippen LogP contribution in [0.25, 0.3) is 0 Å². The molecule has 0 unspecified atom stereocenters. The van der Waals surface area contributed by atoms with Gasteiger partial charge in [-0.15, -0.1) is 12.4 Å². The third kappa shape index (κ3) is 4.86. The minimum atomic E-state index is -3.40. The molecule has 0 heterocycles. The average Bonchev–Trinajstić information content (AvgIpc) is 2.32. The van der Waals surface area contributed by atoms with Crippen molar-refractivity contribution >= 4 is 45.0 Å². The highest BCUT2D eigenvalue weighted by atomic mass is 127. The number of benzene rings is 1. The standard InChI is InChI=1S/C12H17IN2O2S.ClH/c13-9-2-1-3-12(8-9)18(16,17)15-11-6-4-10(14)5-7-11;/h1-3,8,10-11,15H,4-7,14H2;1H. The average molecular weight is 417 g/mol. The Morgan fingerprint density at radius 1 is 1.21 bits per heavy atom. The highest BCUT2D eigenvalue weighted by Crippen LogP contribution is 2.20. The van der Waals surface area contributed by atoms with Gasteiger partial charge in [0.2, 0.25) is 10.0 Å². The molecule has 0 amide bonds. The van der Waals surface area contributed by atoms with Gasteiger partial charge < -0.3 is 5.73 Å². The van der Waals surface area contributed by atoms with Crippen molar-refractivity contribution in [1.29, 1.82) is 0 Å². The van der Waals surface area contributed by atoms with Crippen LogP contribution in [0.2, 0.25) is 0 Å². The first-order valence-corrected chi connectivity index (χ1v) is 8.57. The summed E-state index contributed by atoms with van der Waals surface area (Å²) in [5.74, 6) is 0. The number of hydrogen-bond donors (Lipinski definition) is 2. The first-order chi connectivity index (χ1) is 8.47. The molecule has 0 aromatic heterocycles. The van der Waals surface area contributed by atoms with Crippen LogP contribution in [-0.2, 0) is 10.0 Å². The predicted molar refractivity (Wildman–Crippen MR) is 87.0 cm³/mol. The Labute approximate surface area is 134 Å². The zero-order valence-electron chi connectivity index (χ0n) is 10.4. The van der Waals surface area contributed by atoms with Gasteiger partial charge in [-0.25, -0.2) is 13.1 Å². The van der Waals surface area contributed by atoms with Crippen LogP contribution in [0.5, 0.6) is 0 Å². The fourth-order valence-electron chi connectivity index (χ4n) is 2.16. The van der Waals surface area contributed by atoms with Crippen molar-refractivity contribution in [1.82, 2.24) is 4.72 Å². The van der Waals surface area contributed by atoms with Crippen LogP contribution in [0, 0.1) is 3.57 Å². The number of rotatable bonds is 3. The lowest BCUT2D eigenvalue weighted by atomic mass is 9.93. The minimum absolute atomic E-state index is 0. The molecule has 0 saturated heterocycles. The van der Waals surface area contributed by atoms with E-state index in [1.807, 2.05) is 6.07 Å². The summed E-state index contributed by atoms with van der Waals surface area (Å²) in [6.07, 6.45) is 3.42. The molecule has 19 heavy (non-hydrogen) atoms. The summed E-state index contributed by atoms with van der Waals surface area (Å²) in [4.78, 5) is 0.337. The van der Waals surface area contributed by atoms with Crippen LogP contribution >= 0.6 is 35.0 Å². The molecule has 4 nitrogen and oxygen atoms in total. The summed E-state index contributed by atoms with van der Waals surface area (Å²) in [5.41, 5.74) is 5.81. The molecule has 1 aromatic carbocycles. The topological polar surface area (TPSA) is 72.2 Å². The molecule has 1 saturated carbocycles. The van der Waals surface area contributed by atoms with Gasteiger partial charge in [0, 0.05) is 15.7 Å². The summed E-state index contributed by atoms with van der Waals surface area (Å²) in [5, 5.41) is 0. The van der Waals surface area contributed by atoms with Crippen LogP contribution in [0.4, 0.5) is 0 Å². The predicted octanol–water partition coefficient (Wildman–Crippen LogP) is 2.26. The molecule has 1 fully saturated rings. The van der Waals surface area contributed by atoms with Gasteiger partial charge in [0.15, 0.2) is 0 Å². The fourth-order valence-corrected chi connectivity index (χ4v) is 4.26. The van der Waals surface area contributed by atoms with Crippen molar-refractivity contribution in [2.24, 2.45) is 5.73 Å². The summed E-state index contributed by atoms with van der Waals surface area (Å²) >= 11 is 2.11. The van der Waals surface area contributed by atoms with E-state index in [1.165, 1.54) is 0 Å². The lowest BCUT2D eigenvalue weighted by Gasteiger charge is -2.26. The number of hydrogen-bond acceptors (Lipinski definition) is 3. The Morgan fingerprint density at radius 2 is 1.84 bits per heavy atom. The second kappa shape index (κ2) is 7.21. The van der Waals surface area contributed by atoms with Crippen LogP contribution in [0.3, 0.4) is 0 Å². The van der Waals surface area contributed by atoms with Gasteiger partial charge in [-0.3, -0.25) is 0 Å². The minimum Gasteiger partial charge on any atom is -0.328 e. The van der Waals surface area contributed by atoms with E-state index in [1.54, 1.807) is 18.2 Å². The van der Waals surface area contributed by atoms with Crippen molar-refractivity contribution in [3.8, 4) is 0 Å².